The molecular weight excluding hydrogens is 254 g/mol. The van der Waals surface area contributed by atoms with Gasteiger partial charge >= 0.3 is 0 Å². The summed E-state index contributed by atoms with van der Waals surface area (Å²) < 4.78 is 7.13. The van der Waals surface area contributed by atoms with Crippen molar-refractivity contribution >= 4 is 5.91 Å². The van der Waals surface area contributed by atoms with Gasteiger partial charge in [-0.3, -0.25) is 9.48 Å². The minimum absolute atomic E-state index is 0.0276. The van der Waals surface area contributed by atoms with Gasteiger partial charge in [0.15, 0.2) is 5.76 Å². The second kappa shape index (κ2) is 4.81. The first-order valence-corrected chi connectivity index (χ1v) is 6.94. The van der Waals surface area contributed by atoms with E-state index < -0.39 is 0 Å². The van der Waals surface area contributed by atoms with Crippen molar-refractivity contribution in [3.05, 3.63) is 41.1 Å². The Kier molecular flexibility index (Phi) is 3.12. The third-order valence-corrected chi connectivity index (χ3v) is 4.14. The molecule has 1 aliphatic rings. The van der Waals surface area contributed by atoms with E-state index in [0.29, 0.717) is 5.76 Å². The molecule has 1 saturated heterocycles. The molecule has 3 heterocycles. The summed E-state index contributed by atoms with van der Waals surface area (Å²) in [5.41, 5.74) is 3.32. The molecule has 2 aromatic rings. The molecule has 0 unspecified atom stereocenters. The van der Waals surface area contributed by atoms with Crippen LogP contribution >= 0.6 is 0 Å². The molecule has 2 aromatic heterocycles. The van der Waals surface area contributed by atoms with Crippen molar-refractivity contribution in [1.82, 2.24) is 14.7 Å². The number of carbonyl (C=O) groups excluding carboxylic acids is 1. The van der Waals surface area contributed by atoms with Crippen molar-refractivity contribution in [3.63, 3.8) is 0 Å². The molecule has 20 heavy (non-hydrogen) atoms. The molecule has 1 fully saturated rings. The van der Waals surface area contributed by atoms with Gasteiger partial charge in [-0.2, -0.15) is 5.10 Å². The smallest absolute Gasteiger partial charge is 0.290 e. The number of hydrogen-bond acceptors (Lipinski definition) is 3. The SMILES string of the molecule is Cc1nn(C)c(C)c1[C@@H]1CCCN1C(=O)c1ccco1. The highest BCUT2D eigenvalue weighted by molar-refractivity contribution is 5.92. The lowest BCUT2D eigenvalue weighted by molar-refractivity contribution is 0.0702. The van der Waals surface area contributed by atoms with Crippen LogP contribution in [0.25, 0.3) is 0 Å². The van der Waals surface area contributed by atoms with Gasteiger partial charge in [0.2, 0.25) is 0 Å². The predicted molar refractivity (Wildman–Crippen MR) is 74.4 cm³/mol. The Labute approximate surface area is 118 Å². The van der Waals surface area contributed by atoms with E-state index >= 15 is 0 Å². The van der Waals surface area contributed by atoms with E-state index in [0.717, 1.165) is 30.8 Å². The highest BCUT2D eigenvalue weighted by Gasteiger charge is 2.34. The van der Waals surface area contributed by atoms with E-state index in [1.165, 1.54) is 5.56 Å². The summed E-state index contributed by atoms with van der Waals surface area (Å²) in [5, 5.41) is 4.47. The zero-order valence-electron chi connectivity index (χ0n) is 12.1. The molecule has 1 atom stereocenters. The first-order valence-electron chi connectivity index (χ1n) is 6.94. The summed E-state index contributed by atoms with van der Waals surface area (Å²) in [6, 6.07) is 3.58. The molecule has 106 valence electrons. The number of furan rings is 1. The van der Waals surface area contributed by atoms with E-state index in [1.807, 2.05) is 23.6 Å². The summed E-state index contributed by atoms with van der Waals surface area (Å²) in [5.74, 6) is 0.385. The van der Waals surface area contributed by atoms with Crippen LogP contribution in [0.15, 0.2) is 22.8 Å². The molecule has 0 aromatic carbocycles. The first-order chi connectivity index (χ1) is 9.59. The maximum absolute atomic E-state index is 12.5. The average molecular weight is 273 g/mol. The maximum atomic E-state index is 12.5. The standard InChI is InChI=1S/C15H19N3O2/c1-10-14(11(2)17(3)16-10)12-6-4-8-18(12)15(19)13-7-5-9-20-13/h5,7,9,12H,4,6,8H2,1-3H3/t12-/m0/s1. The number of aryl methyl sites for hydroxylation is 2. The number of hydrogen-bond donors (Lipinski definition) is 0. The van der Waals surface area contributed by atoms with E-state index in [9.17, 15) is 4.79 Å². The molecule has 5 nitrogen and oxygen atoms in total. The first kappa shape index (κ1) is 13.0. The van der Waals surface area contributed by atoms with E-state index in [1.54, 1.807) is 18.4 Å². The number of aromatic nitrogens is 2. The molecule has 1 aliphatic heterocycles. The van der Waals surface area contributed by atoms with Gasteiger partial charge in [0.1, 0.15) is 0 Å². The molecule has 1 amide bonds. The van der Waals surface area contributed by atoms with Crippen molar-refractivity contribution in [2.24, 2.45) is 7.05 Å². The van der Waals surface area contributed by atoms with Gasteiger partial charge in [-0.1, -0.05) is 0 Å². The van der Waals surface area contributed by atoms with Crippen molar-refractivity contribution < 1.29 is 9.21 Å². The molecule has 3 rings (SSSR count). The zero-order valence-corrected chi connectivity index (χ0v) is 12.1. The molecule has 5 heteroatoms. The third kappa shape index (κ3) is 1.94. The average Bonchev–Trinajstić information content (AvgIpc) is 3.12. The van der Waals surface area contributed by atoms with Crippen LogP contribution in [-0.4, -0.2) is 27.1 Å². The van der Waals surface area contributed by atoms with Gasteiger partial charge < -0.3 is 9.32 Å². The zero-order chi connectivity index (χ0) is 14.3. The minimum atomic E-state index is -0.0276. The topological polar surface area (TPSA) is 51.3 Å². The van der Waals surface area contributed by atoms with E-state index in [4.69, 9.17) is 4.42 Å². The summed E-state index contributed by atoms with van der Waals surface area (Å²) >= 11 is 0. The Morgan fingerprint density at radius 2 is 2.25 bits per heavy atom. The van der Waals surface area contributed by atoms with Gasteiger partial charge in [0.05, 0.1) is 18.0 Å². The van der Waals surface area contributed by atoms with Crippen LogP contribution in [0, 0.1) is 13.8 Å². The molecule has 0 spiro atoms. The highest BCUT2D eigenvalue weighted by atomic mass is 16.3. The predicted octanol–water partition coefficient (Wildman–Crippen LogP) is 2.61. The Morgan fingerprint density at radius 3 is 2.85 bits per heavy atom. The van der Waals surface area contributed by atoms with Crippen molar-refractivity contribution in [2.45, 2.75) is 32.7 Å². The maximum Gasteiger partial charge on any atom is 0.290 e. The van der Waals surface area contributed by atoms with E-state index in [-0.39, 0.29) is 11.9 Å². The summed E-state index contributed by atoms with van der Waals surface area (Å²) in [6.45, 7) is 4.84. The van der Waals surface area contributed by atoms with Gasteiger partial charge in [-0.05, 0) is 38.8 Å². The Morgan fingerprint density at radius 1 is 1.45 bits per heavy atom. The molecule has 0 aliphatic carbocycles. The van der Waals surface area contributed by atoms with Crippen LogP contribution in [0.4, 0.5) is 0 Å². The Balaban J connectivity index is 1.95. The van der Waals surface area contributed by atoms with Gasteiger partial charge in [-0.25, -0.2) is 0 Å². The summed E-state index contributed by atoms with van der Waals surface area (Å²) in [4.78, 5) is 14.4. The highest BCUT2D eigenvalue weighted by Crippen LogP contribution is 2.36. The second-order valence-corrected chi connectivity index (χ2v) is 5.34. The lowest BCUT2D eigenvalue weighted by Gasteiger charge is -2.24. The molecule has 0 N–H and O–H groups in total. The molecule has 0 bridgehead atoms. The van der Waals surface area contributed by atoms with Crippen LogP contribution in [-0.2, 0) is 7.05 Å². The normalized spacial score (nSPS) is 18.8. The summed E-state index contributed by atoms with van der Waals surface area (Å²) in [7, 11) is 1.94. The Hall–Kier alpha value is -2.04. The van der Waals surface area contributed by atoms with Crippen LogP contribution in [0.3, 0.4) is 0 Å². The lowest BCUT2D eigenvalue weighted by atomic mass is 10.0. The third-order valence-electron chi connectivity index (χ3n) is 4.14. The number of nitrogens with zero attached hydrogens (tertiary/aromatic N) is 3. The number of carbonyl (C=O) groups is 1. The number of likely N-dealkylation sites (tertiary alicyclic amines) is 1. The largest absolute Gasteiger partial charge is 0.459 e. The fourth-order valence-corrected chi connectivity index (χ4v) is 3.12. The van der Waals surface area contributed by atoms with Crippen LogP contribution in [0.5, 0.6) is 0 Å². The quantitative estimate of drug-likeness (QED) is 0.845. The fraction of sp³-hybridized carbons (Fsp3) is 0.467. The number of rotatable bonds is 2. The second-order valence-electron chi connectivity index (χ2n) is 5.34. The Bertz CT molecular complexity index is 628. The number of amides is 1. The fourth-order valence-electron chi connectivity index (χ4n) is 3.12. The van der Waals surface area contributed by atoms with Crippen LogP contribution in [0.1, 0.15) is 46.4 Å². The molecular formula is C15H19N3O2. The minimum Gasteiger partial charge on any atom is -0.459 e. The van der Waals surface area contributed by atoms with Gasteiger partial charge in [0, 0.05) is 24.8 Å². The monoisotopic (exact) mass is 273 g/mol. The van der Waals surface area contributed by atoms with Crippen LogP contribution in [0.2, 0.25) is 0 Å². The van der Waals surface area contributed by atoms with Crippen LogP contribution < -0.4 is 0 Å². The van der Waals surface area contributed by atoms with Crippen molar-refractivity contribution in [1.29, 1.82) is 0 Å². The van der Waals surface area contributed by atoms with Crippen molar-refractivity contribution in [3.8, 4) is 0 Å². The lowest BCUT2D eigenvalue weighted by Crippen LogP contribution is -2.30. The van der Waals surface area contributed by atoms with Gasteiger partial charge in [-0.15, -0.1) is 0 Å². The van der Waals surface area contributed by atoms with Crippen molar-refractivity contribution in [2.75, 3.05) is 6.54 Å². The molecule has 0 radical (unpaired) electrons. The summed E-state index contributed by atoms with van der Waals surface area (Å²) in [6.07, 6.45) is 3.55. The molecule has 0 saturated carbocycles. The van der Waals surface area contributed by atoms with Gasteiger partial charge in [0.25, 0.3) is 5.91 Å². The van der Waals surface area contributed by atoms with E-state index in [2.05, 4.69) is 12.0 Å².